The molecule has 20 heavy (non-hydrogen) atoms. The molecule has 1 atom stereocenters. The molecule has 0 heterocycles. The van der Waals surface area contributed by atoms with Crippen LogP contribution in [-0.4, -0.2) is 6.04 Å². The molecule has 0 aliphatic rings. The maximum atomic E-state index is 14.0. The summed E-state index contributed by atoms with van der Waals surface area (Å²) >= 11 is 7.54. The Labute approximate surface area is 128 Å². The van der Waals surface area contributed by atoms with E-state index in [1.807, 2.05) is 43.3 Å². The molecule has 2 N–H and O–H groups in total. The third-order valence-corrected chi connectivity index (χ3v) is 4.36. The zero-order chi connectivity index (χ0) is 14.5. The van der Waals surface area contributed by atoms with E-state index in [-0.39, 0.29) is 11.9 Å². The number of hydrogen-bond acceptors (Lipinski definition) is 2. The minimum atomic E-state index is -0.194. The summed E-state index contributed by atoms with van der Waals surface area (Å²) in [4.78, 5) is 0.637. The second-order valence-electron chi connectivity index (χ2n) is 4.83. The predicted molar refractivity (Wildman–Crippen MR) is 84.8 cm³/mol. The van der Waals surface area contributed by atoms with Gasteiger partial charge in [-0.15, -0.1) is 11.8 Å². The quantitative estimate of drug-likeness (QED) is 0.813. The standard InChI is InChI=1S/C16H17ClFNS/c1-11(19)8-12-6-7-16(15(18)9-12)20-10-13-4-2-3-5-14(13)17/h2-7,9,11H,8,10,19H2,1H3. The van der Waals surface area contributed by atoms with Crippen LogP contribution in [0, 0.1) is 5.82 Å². The number of halogens is 2. The zero-order valence-electron chi connectivity index (χ0n) is 11.3. The monoisotopic (exact) mass is 309 g/mol. The van der Waals surface area contributed by atoms with Gasteiger partial charge in [0.1, 0.15) is 5.82 Å². The van der Waals surface area contributed by atoms with Gasteiger partial charge in [0.25, 0.3) is 0 Å². The fourth-order valence-electron chi connectivity index (χ4n) is 1.93. The second-order valence-corrected chi connectivity index (χ2v) is 6.25. The first-order valence-corrected chi connectivity index (χ1v) is 7.83. The highest BCUT2D eigenvalue weighted by Crippen LogP contribution is 2.29. The highest BCUT2D eigenvalue weighted by molar-refractivity contribution is 7.98. The maximum Gasteiger partial charge on any atom is 0.137 e. The van der Waals surface area contributed by atoms with Crippen LogP contribution in [0.25, 0.3) is 0 Å². The lowest BCUT2D eigenvalue weighted by atomic mass is 10.1. The summed E-state index contributed by atoms with van der Waals surface area (Å²) in [6.45, 7) is 1.91. The van der Waals surface area contributed by atoms with Crippen molar-refractivity contribution >= 4 is 23.4 Å². The topological polar surface area (TPSA) is 26.0 Å². The van der Waals surface area contributed by atoms with Crippen LogP contribution in [-0.2, 0) is 12.2 Å². The summed E-state index contributed by atoms with van der Waals surface area (Å²) in [6, 6.07) is 13.0. The summed E-state index contributed by atoms with van der Waals surface area (Å²) in [7, 11) is 0. The van der Waals surface area contributed by atoms with E-state index in [4.69, 9.17) is 17.3 Å². The highest BCUT2D eigenvalue weighted by Gasteiger charge is 2.07. The van der Waals surface area contributed by atoms with Crippen molar-refractivity contribution < 1.29 is 4.39 Å². The van der Waals surface area contributed by atoms with Gasteiger partial charge in [-0.05, 0) is 42.7 Å². The molecule has 0 fully saturated rings. The summed E-state index contributed by atoms with van der Waals surface area (Å²) in [5, 5.41) is 0.717. The van der Waals surface area contributed by atoms with E-state index in [1.54, 1.807) is 6.07 Å². The molecule has 0 aliphatic heterocycles. The Morgan fingerprint density at radius 1 is 1.25 bits per heavy atom. The molecule has 2 rings (SSSR count). The molecule has 1 nitrogen and oxygen atoms in total. The molecule has 0 spiro atoms. The Morgan fingerprint density at radius 2 is 2.00 bits per heavy atom. The Hall–Kier alpha value is -1.03. The molecular weight excluding hydrogens is 293 g/mol. The second kappa shape index (κ2) is 7.11. The predicted octanol–water partition coefficient (Wildman–Crippen LogP) is 4.66. The van der Waals surface area contributed by atoms with Gasteiger partial charge in [0, 0.05) is 21.7 Å². The van der Waals surface area contributed by atoms with Crippen LogP contribution in [0.15, 0.2) is 47.4 Å². The van der Waals surface area contributed by atoms with E-state index in [2.05, 4.69) is 0 Å². The van der Waals surface area contributed by atoms with Crippen LogP contribution in [0.4, 0.5) is 4.39 Å². The molecule has 0 radical (unpaired) electrons. The van der Waals surface area contributed by atoms with Gasteiger partial charge >= 0.3 is 0 Å². The Bertz CT molecular complexity index is 586. The molecule has 0 amide bonds. The van der Waals surface area contributed by atoms with Crippen LogP contribution in [0.3, 0.4) is 0 Å². The number of rotatable bonds is 5. The average Bonchev–Trinajstić information content (AvgIpc) is 2.39. The lowest BCUT2D eigenvalue weighted by molar-refractivity contribution is 0.597. The summed E-state index contributed by atoms with van der Waals surface area (Å²) in [5.74, 6) is 0.462. The third kappa shape index (κ3) is 4.23. The van der Waals surface area contributed by atoms with Crippen molar-refractivity contribution in [3.8, 4) is 0 Å². The first kappa shape index (κ1) is 15.4. The molecule has 4 heteroatoms. The van der Waals surface area contributed by atoms with E-state index in [0.717, 1.165) is 11.1 Å². The number of nitrogens with two attached hydrogens (primary N) is 1. The largest absolute Gasteiger partial charge is 0.328 e. The van der Waals surface area contributed by atoms with Crippen molar-refractivity contribution in [3.63, 3.8) is 0 Å². The molecule has 0 saturated carbocycles. The molecule has 0 bridgehead atoms. The minimum absolute atomic E-state index is 0.0380. The van der Waals surface area contributed by atoms with Crippen molar-refractivity contribution in [1.82, 2.24) is 0 Å². The minimum Gasteiger partial charge on any atom is -0.328 e. The number of hydrogen-bond donors (Lipinski definition) is 1. The Balaban J connectivity index is 2.05. The summed E-state index contributed by atoms with van der Waals surface area (Å²) in [6.07, 6.45) is 0.687. The van der Waals surface area contributed by atoms with E-state index in [0.29, 0.717) is 22.1 Å². The third-order valence-electron chi connectivity index (χ3n) is 2.89. The Morgan fingerprint density at radius 3 is 2.65 bits per heavy atom. The first-order chi connectivity index (χ1) is 9.56. The van der Waals surface area contributed by atoms with E-state index in [9.17, 15) is 4.39 Å². The van der Waals surface area contributed by atoms with Crippen molar-refractivity contribution in [2.45, 2.75) is 30.0 Å². The lowest BCUT2D eigenvalue weighted by Crippen LogP contribution is -2.17. The maximum absolute atomic E-state index is 14.0. The molecule has 106 valence electrons. The molecule has 0 aliphatic carbocycles. The van der Waals surface area contributed by atoms with Gasteiger partial charge in [-0.1, -0.05) is 35.9 Å². The van der Waals surface area contributed by atoms with Gasteiger partial charge < -0.3 is 5.73 Å². The van der Waals surface area contributed by atoms with Crippen LogP contribution < -0.4 is 5.73 Å². The fourth-order valence-corrected chi connectivity index (χ4v) is 3.14. The molecular formula is C16H17ClFNS. The van der Waals surface area contributed by atoms with Crippen LogP contribution in [0.5, 0.6) is 0 Å². The molecule has 0 saturated heterocycles. The normalized spacial score (nSPS) is 12.4. The van der Waals surface area contributed by atoms with Crippen molar-refractivity contribution in [2.24, 2.45) is 5.73 Å². The zero-order valence-corrected chi connectivity index (χ0v) is 12.8. The van der Waals surface area contributed by atoms with E-state index >= 15 is 0 Å². The van der Waals surface area contributed by atoms with Gasteiger partial charge in [0.05, 0.1) is 0 Å². The molecule has 2 aromatic rings. The smallest absolute Gasteiger partial charge is 0.137 e. The first-order valence-electron chi connectivity index (χ1n) is 6.46. The van der Waals surface area contributed by atoms with Gasteiger partial charge in [-0.3, -0.25) is 0 Å². The van der Waals surface area contributed by atoms with Crippen molar-refractivity contribution in [1.29, 1.82) is 0 Å². The van der Waals surface area contributed by atoms with E-state index in [1.165, 1.54) is 11.8 Å². The van der Waals surface area contributed by atoms with Crippen molar-refractivity contribution in [3.05, 3.63) is 64.4 Å². The fraction of sp³-hybridized carbons (Fsp3) is 0.250. The number of benzene rings is 2. The molecule has 1 unspecified atom stereocenters. The average molecular weight is 310 g/mol. The van der Waals surface area contributed by atoms with Crippen LogP contribution >= 0.6 is 23.4 Å². The van der Waals surface area contributed by atoms with E-state index < -0.39 is 0 Å². The number of thioether (sulfide) groups is 1. The summed E-state index contributed by atoms with van der Waals surface area (Å²) < 4.78 is 14.0. The van der Waals surface area contributed by atoms with Crippen molar-refractivity contribution in [2.75, 3.05) is 0 Å². The van der Waals surface area contributed by atoms with Crippen LogP contribution in [0.2, 0.25) is 5.02 Å². The summed E-state index contributed by atoms with van der Waals surface area (Å²) in [5.41, 5.74) is 7.66. The lowest BCUT2D eigenvalue weighted by Gasteiger charge is -2.09. The SMILES string of the molecule is CC(N)Cc1ccc(SCc2ccccc2Cl)c(F)c1. The molecule has 0 aromatic heterocycles. The van der Waals surface area contributed by atoms with Gasteiger partial charge in [0.15, 0.2) is 0 Å². The van der Waals surface area contributed by atoms with Crippen LogP contribution in [0.1, 0.15) is 18.1 Å². The highest BCUT2D eigenvalue weighted by atomic mass is 35.5. The van der Waals surface area contributed by atoms with Gasteiger partial charge in [-0.25, -0.2) is 4.39 Å². The van der Waals surface area contributed by atoms with Gasteiger partial charge in [0.2, 0.25) is 0 Å². The van der Waals surface area contributed by atoms with Gasteiger partial charge in [-0.2, -0.15) is 0 Å². The molecule has 2 aromatic carbocycles. The Kier molecular flexibility index (Phi) is 5.46.